The second-order valence-electron chi connectivity index (χ2n) is 5.63. The first-order chi connectivity index (χ1) is 8.99. The summed E-state index contributed by atoms with van der Waals surface area (Å²) in [5.74, 6) is 0.551. The van der Waals surface area contributed by atoms with Crippen molar-refractivity contribution in [2.75, 3.05) is 0 Å². The molecule has 3 heteroatoms. The molecule has 0 heterocycles. The van der Waals surface area contributed by atoms with Crippen LogP contribution in [-0.2, 0) is 9.59 Å². The lowest BCUT2D eigenvalue weighted by atomic mass is 9.88. The smallest absolute Gasteiger partial charge is 0.227 e. The van der Waals surface area contributed by atoms with E-state index in [1.165, 1.54) is 19.4 Å². The van der Waals surface area contributed by atoms with Crippen molar-refractivity contribution in [3.63, 3.8) is 0 Å². The summed E-state index contributed by atoms with van der Waals surface area (Å²) in [5, 5.41) is 2.96. The minimum absolute atomic E-state index is 0.0124. The largest absolute Gasteiger partial charge is 0.326 e. The monoisotopic (exact) mass is 263 g/mol. The first kappa shape index (κ1) is 15.7. The molecule has 1 fully saturated rings. The highest BCUT2D eigenvalue weighted by Gasteiger charge is 2.21. The van der Waals surface area contributed by atoms with Crippen LogP contribution in [0.4, 0.5) is 0 Å². The van der Waals surface area contributed by atoms with Crippen molar-refractivity contribution in [1.29, 1.82) is 0 Å². The van der Waals surface area contributed by atoms with E-state index in [1.54, 1.807) is 6.08 Å². The lowest BCUT2D eigenvalue weighted by molar-refractivity contribution is -0.125. The number of carbonyl (C=O) groups excluding carboxylic acids is 2. The second-order valence-corrected chi connectivity index (χ2v) is 5.63. The Labute approximate surface area is 116 Å². The Hall–Kier alpha value is -1.38. The fraction of sp³-hybridized carbons (Fsp3) is 0.625. The number of amides is 1. The summed E-state index contributed by atoms with van der Waals surface area (Å²) < 4.78 is 0. The first-order valence-electron chi connectivity index (χ1n) is 7.20. The van der Waals surface area contributed by atoms with Gasteiger partial charge >= 0.3 is 0 Å². The topological polar surface area (TPSA) is 46.2 Å². The molecule has 0 aromatic heterocycles. The summed E-state index contributed by atoms with van der Waals surface area (Å²) in [4.78, 5) is 23.2. The Morgan fingerprint density at radius 1 is 1.11 bits per heavy atom. The molecule has 1 aliphatic rings. The van der Waals surface area contributed by atoms with Crippen LogP contribution in [0.5, 0.6) is 0 Å². The molecule has 0 spiro atoms. The van der Waals surface area contributed by atoms with Crippen LogP contribution in [0.15, 0.2) is 23.9 Å². The molecule has 0 atom stereocenters. The quantitative estimate of drug-likeness (QED) is 0.610. The van der Waals surface area contributed by atoms with Crippen molar-refractivity contribution in [2.24, 2.45) is 11.8 Å². The maximum Gasteiger partial charge on any atom is 0.227 e. The Bertz CT molecular complexity index is 374. The van der Waals surface area contributed by atoms with E-state index < -0.39 is 0 Å². The Kier molecular flexibility index (Phi) is 6.54. The third kappa shape index (κ3) is 6.37. The zero-order valence-corrected chi connectivity index (χ0v) is 12.2. The van der Waals surface area contributed by atoms with Gasteiger partial charge in [-0.05, 0) is 37.8 Å². The van der Waals surface area contributed by atoms with Crippen molar-refractivity contribution in [3.8, 4) is 0 Å². The molecule has 1 N–H and O–H groups in total. The zero-order chi connectivity index (χ0) is 14.3. The van der Waals surface area contributed by atoms with Gasteiger partial charge in [0.2, 0.25) is 5.91 Å². The SMILES string of the molecule is CC(=O)/C=C\C(=C/C(C)C)NC(=O)C1CCCCC1. The van der Waals surface area contributed by atoms with E-state index in [1.807, 2.05) is 19.9 Å². The van der Waals surface area contributed by atoms with Crippen LogP contribution in [0.25, 0.3) is 0 Å². The molecule has 1 saturated carbocycles. The van der Waals surface area contributed by atoms with Crippen LogP contribution in [0.2, 0.25) is 0 Å². The van der Waals surface area contributed by atoms with Crippen molar-refractivity contribution in [2.45, 2.75) is 52.9 Å². The summed E-state index contributed by atoms with van der Waals surface area (Å²) in [7, 11) is 0. The average molecular weight is 263 g/mol. The molecule has 19 heavy (non-hydrogen) atoms. The second kappa shape index (κ2) is 7.93. The summed E-state index contributed by atoms with van der Waals surface area (Å²) >= 11 is 0. The number of hydrogen-bond donors (Lipinski definition) is 1. The number of nitrogens with one attached hydrogen (secondary N) is 1. The normalized spacial score (nSPS) is 18.0. The average Bonchev–Trinajstić information content (AvgIpc) is 2.36. The molecule has 0 unspecified atom stereocenters. The van der Waals surface area contributed by atoms with E-state index >= 15 is 0 Å². The van der Waals surface area contributed by atoms with Gasteiger partial charge < -0.3 is 5.32 Å². The standard InChI is InChI=1S/C16H25NO2/c1-12(2)11-15(10-9-13(3)18)17-16(19)14-7-5-4-6-8-14/h9-12,14H,4-8H2,1-3H3,(H,17,19)/b10-9-,15-11+. The van der Waals surface area contributed by atoms with E-state index in [9.17, 15) is 9.59 Å². The molecule has 3 nitrogen and oxygen atoms in total. The molecule has 0 aromatic rings. The summed E-state index contributed by atoms with van der Waals surface area (Å²) in [5.41, 5.74) is 0.737. The molecule has 0 aromatic carbocycles. The minimum atomic E-state index is -0.0124. The van der Waals surface area contributed by atoms with E-state index in [4.69, 9.17) is 0 Å². The van der Waals surface area contributed by atoms with Gasteiger partial charge in [0, 0.05) is 11.6 Å². The number of ketones is 1. The van der Waals surface area contributed by atoms with E-state index in [0.29, 0.717) is 5.92 Å². The number of allylic oxidation sites excluding steroid dienone is 3. The van der Waals surface area contributed by atoms with Crippen LogP contribution >= 0.6 is 0 Å². The summed E-state index contributed by atoms with van der Waals surface area (Å²) in [6.45, 7) is 5.61. The van der Waals surface area contributed by atoms with Crippen LogP contribution in [0.3, 0.4) is 0 Å². The highest BCUT2D eigenvalue weighted by molar-refractivity contribution is 5.88. The van der Waals surface area contributed by atoms with Crippen molar-refractivity contribution < 1.29 is 9.59 Å². The number of carbonyl (C=O) groups is 2. The Balaban J connectivity index is 2.65. The molecule has 1 amide bonds. The Morgan fingerprint density at radius 3 is 2.26 bits per heavy atom. The highest BCUT2D eigenvalue weighted by atomic mass is 16.2. The zero-order valence-electron chi connectivity index (χ0n) is 12.2. The molecule has 106 valence electrons. The van der Waals surface area contributed by atoms with Gasteiger partial charge in [-0.2, -0.15) is 0 Å². The highest BCUT2D eigenvalue weighted by Crippen LogP contribution is 2.24. The third-order valence-electron chi connectivity index (χ3n) is 3.25. The summed E-state index contributed by atoms with van der Waals surface area (Å²) in [6, 6.07) is 0. The van der Waals surface area contributed by atoms with E-state index in [-0.39, 0.29) is 17.6 Å². The van der Waals surface area contributed by atoms with Gasteiger partial charge in [0.25, 0.3) is 0 Å². The first-order valence-corrected chi connectivity index (χ1v) is 7.20. The van der Waals surface area contributed by atoms with Crippen LogP contribution in [0, 0.1) is 11.8 Å². The van der Waals surface area contributed by atoms with E-state index in [0.717, 1.165) is 31.4 Å². The fourth-order valence-corrected chi connectivity index (χ4v) is 2.31. The van der Waals surface area contributed by atoms with Gasteiger partial charge in [0.15, 0.2) is 5.78 Å². The van der Waals surface area contributed by atoms with Crippen molar-refractivity contribution in [3.05, 3.63) is 23.9 Å². The van der Waals surface area contributed by atoms with Gasteiger partial charge in [-0.25, -0.2) is 0 Å². The maximum absolute atomic E-state index is 12.2. The predicted molar refractivity (Wildman–Crippen MR) is 77.5 cm³/mol. The molecule has 1 aliphatic carbocycles. The van der Waals surface area contributed by atoms with Gasteiger partial charge in [0.05, 0.1) is 0 Å². The molecule has 1 rings (SSSR count). The maximum atomic E-state index is 12.2. The molecular weight excluding hydrogens is 238 g/mol. The molecular formula is C16H25NO2. The lowest BCUT2D eigenvalue weighted by Gasteiger charge is -2.21. The number of hydrogen-bond acceptors (Lipinski definition) is 2. The fourth-order valence-electron chi connectivity index (χ4n) is 2.31. The van der Waals surface area contributed by atoms with Crippen LogP contribution in [0.1, 0.15) is 52.9 Å². The summed E-state index contributed by atoms with van der Waals surface area (Å²) in [6.07, 6.45) is 10.7. The van der Waals surface area contributed by atoms with Crippen molar-refractivity contribution >= 4 is 11.7 Å². The molecule has 0 saturated heterocycles. The van der Waals surface area contributed by atoms with Crippen LogP contribution in [-0.4, -0.2) is 11.7 Å². The lowest BCUT2D eigenvalue weighted by Crippen LogP contribution is -2.31. The number of rotatable bonds is 5. The third-order valence-corrected chi connectivity index (χ3v) is 3.25. The van der Waals surface area contributed by atoms with Crippen molar-refractivity contribution in [1.82, 2.24) is 5.32 Å². The van der Waals surface area contributed by atoms with Gasteiger partial charge in [-0.15, -0.1) is 0 Å². The van der Waals surface area contributed by atoms with Crippen LogP contribution < -0.4 is 5.32 Å². The van der Waals surface area contributed by atoms with Gasteiger partial charge in [-0.1, -0.05) is 39.2 Å². The van der Waals surface area contributed by atoms with Gasteiger partial charge in [0.1, 0.15) is 0 Å². The molecule has 0 aliphatic heterocycles. The minimum Gasteiger partial charge on any atom is -0.326 e. The predicted octanol–water partition coefficient (Wildman–Crippen LogP) is 3.37. The van der Waals surface area contributed by atoms with E-state index in [2.05, 4.69) is 5.32 Å². The molecule has 0 radical (unpaired) electrons. The van der Waals surface area contributed by atoms with Gasteiger partial charge in [-0.3, -0.25) is 9.59 Å². The molecule has 0 bridgehead atoms. The Morgan fingerprint density at radius 2 is 1.74 bits per heavy atom.